The first-order valence-electron chi connectivity index (χ1n) is 5.75. The molecule has 2 nitrogen and oxygen atoms in total. The topological polar surface area (TPSA) is 24.4 Å². The van der Waals surface area contributed by atoms with Crippen molar-refractivity contribution in [3.05, 3.63) is 36.4 Å². The molecule has 0 amide bonds. The summed E-state index contributed by atoms with van der Waals surface area (Å²) in [5.74, 6) is 0.617. The molecule has 1 aromatic rings. The van der Waals surface area contributed by atoms with Crippen LogP contribution in [0, 0.1) is 5.92 Å². The van der Waals surface area contributed by atoms with Gasteiger partial charge in [-0.25, -0.2) is 0 Å². The Kier molecular flexibility index (Phi) is 5.34. The summed E-state index contributed by atoms with van der Waals surface area (Å²) in [6.07, 6.45) is 7.20. The van der Waals surface area contributed by atoms with E-state index < -0.39 is 0 Å². The number of rotatable bonds is 5. The number of nitrogens with one attached hydrogen (secondary N) is 1. The zero-order valence-electron chi connectivity index (χ0n) is 10.3. The molecular weight excluding hydrogens is 196 g/mol. The van der Waals surface area contributed by atoms with E-state index in [1.807, 2.05) is 43.6 Å². The van der Waals surface area contributed by atoms with Gasteiger partial charge < -0.3 is 5.32 Å². The van der Waals surface area contributed by atoms with Crippen molar-refractivity contribution in [1.82, 2.24) is 0 Å². The Morgan fingerprint density at radius 2 is 2.12 bits per heavy atom. The van der Waals surface area contributed by atoms with Crippen molar-refractivity contribution in [3.63, 3.8) is 0 Å². The Morgan fingerprint density at radius 1 is 1.38 bits per heavy atom. The summed E-state index contributed by atoms with van der Waals surface area (Å²) in [7, 11) is 1.91. The Balaban J connectivity index is 2.65. The fourth-order valence-electron chi connectivity index (χ4n) is 1.30. The predicted molar refractivity (Wildman–Crippen MR) is 72.7 cm³/mol. The summed E-state index contributed by atoms with van der Waals surface area (Å²) in [6.45, 7) is 4.38. The second-order valence-electron chi connectivity index (χ2n) is 3.82. The largest absolute Gasteiger partial charge is 0.386 e. The molecule has 0 aromatic heterocycles. The van der Waals surface area contributed by atoms with E-state index in [9.17, 15) is 0 Å². The maximum atomic E-state index is 4.41. The van der Waals surface area contributed by atoms with Crippen molar-refractivity contribution in [2.75, 3.05) is 12.4 Å². The van der Waals surface area contributed by atoms with E-state index in [1.54, 1.807) is 0 Å². The van der Waals surface area contributed by atoms with Crippen LogP contribution in [-0.2, 0) is 0 Å². The first-order chi connectivity index (χ1) is 7.77. The van der Waals surface area contributed by atoms with Gasteiger partial charge in [-0.15, -0.1) is 0 Å². The van der Waals surface area contributed by atoms with Crippen LogP contribution in [0.1, 0.15) is 20.3 Å². The van der Waals surface area contributed by atoms with Crippen LogP contribution in [0.4, 0.5) is 11.4 Å². The Labute approximate surface area is 98.1 Å². The van der Waals surface area contributed by atoms with E-state index in [-0.39, 0.29) is 0 Å². The molecule has 1 atom stereocenters. The van der Waals surface area contributed by atoms with Crippen molar-refractivity contribution >= 4 is 17.6 Å². The molecule has 16 heavy (non-hydrogen) atoms. The van der Waals surface area contributed by atoms with Crippen LogP contribution < -0.4 is 5.32 Å². The van der Waals surface area contributed by atoms with Gasteiger partial charge in [-0.2, -0.15) is 0 Å². The molecule has 0 radical (unpaired) electrons. The molecule has 0 aliphatic heterocycles. The molecule has 1 unspecified atom stereocenters. The molecule has 2 heteroatoms. The predicted octanol–water partition coefficient (Wildman–Crippen LogP) is 4.03. The monoisotopic (exact) mass is 216 g/mol. The summed E-state index contributed by atoms with van der Waals surface area (Å²) in [6, 6.07) is 8.01. The van der Waals surface area contributed by atoms with Gasteiger partial charge >= 0.3 is 0 Å². The van der Waals surface area contributed by atoms with Crippen LogP contribution in [0.3, 0.4) is 0 Å². The van der Waals surface area contributed by atoms with Gasteiger partial charge in [0.15, 0.2) is 0 Å². The Hall–Kier alpha value is -1.57. The number of hydrogen-bond acceptors (Lipinski definition) is 2. The number of benzene rings is 1. The first-order valence-corrected chi connectivity index (χ1v) is 5.75. The highest BCUT2D eigenvalue weighted by molar-refractivity contribution is 5.78. The van der Waals surface area contributed by atoms with Crippen molar-refractivity contribution in [1.29, 1.82) is 0 Å². The molecule has 0 heterocycles. The summed E-state index contributed by atoms with van der Waals surface area (Å²) < 4.78 is 0. The minimum atomic E-state index is 0.617. The molecule has 0 saturated heterocycles. The van der Waals surface area contributed by atoms with E-state index in [0.717, 1.165) is 17.8 Å². The number of para-hydroxylation sites is 2. The molecule has 1 aromatic carbocycles. The zero-order chi connectivity index (χ0) is 11.8. The van der Waals surface area contributed by atoms with Gasteiger partial charge in [-0.1, -0.05) is 38.5 Å². The average molecular weight is 216 g/mol. The van der Waals surface area contributed by atoms with Crippen LogP contribution in [0.25, 0.3) is 0 Å². The third-order valence-corrected chi connectivity index (χ3v) is 2.56. The van der Waals surface area contributed by atoms with E-state index in [0.29, 0.717) is 5.92 Å². The molecule has 0 spiro atoms. The number of hydrogen-bond donors (Lipinski definition) is 1. The van der Waals surface area contributed by atoms with Gasteiger partial charge in [0.25, 0.3) is 0 Å². The lowest BCUT2D eigenvalue weighted by molar-refractivity contribution is 0.699. The molecule has 1 rings (SSSR count). The first kappa shape index (κ1) is 12.5. The van der Waals surface area contributed by atoms with E-state index in [2.05, 4.69) is 30.2 Å². The maximum absolute atomic E-state index is 4.41. The number of anilines is 1. The van der Waals surface area contributed by atoms with E-state index in [1.165, 1.54) is 0 Å². The Bertz CT molecular complexity index is 367. The normalized spacial score (nSPS) is 13.4. The quantitative estimate of drug-likeness (QED) is 0.738. The third kappa shape index (κ3) is 3.89. The molecule has 0 saturated carbocycles. The van der Waals surface area contributed by atoms with E-state index >= 15 is 0 Å². The van der Waals surface area contributed by atoms with Gasteiger partial charge in [0.05, 0.1) is 11.4 Å². The smallest absolute Gasteiger partial charge is 0.0860 e. The molecule has 1 N–H and O–H groups in total. The molecule has 0 aliphatic rings. The molecule has 0 aliphatic carbocycles. The lowest BCUT2D eigenvalue weighted by Gasteiger charge is -2.02. The second-order valence-corrected chi connectivity index (χ2v) is 3.82. The third-order valence-electron chi connectivity index (χ3n) is 2.56. The Morgan fingerprint density at radius 3 is 2.81 bits per heavy atom. The van der Waals surface area contributed by atoms with Crippen molar-refractivity contribution in [2.24, 2.45) is 10.9 Å². The second kappa shape index (κ2) is 6.83. The molecule has 0 bridgehead atoms. The van der Waals surface area contributed by atoms with Crippen molar-refractivity contribution in [3.8, 4) is 0 Å². The van der Waals surface area contributed by atoms with Gasteiger partial charge in [0.2, 0.25) is 0 Å². The van der Waals surface area contributed by atoms with Crippen LogP contribution in [0.5, 0.6) is 0 Å². The van der Waals surface area contributed by atoms with E-state index in [4.69, 9.17) is 0 Å². The highest BCUT2D eigenvalue weighted by atomic mass is 14.9. The number of aliphatic imine (C=N–C) groups is 1. The summed E-state index contributed by atoms with van der Waals surface area (Å²) >= 11 is 0. The minimum absolute atomic E-state index is 0.617. The molecule has 86 valence electrons. The lowest BCUT2D eigenvalue weighted by Crippen LogP contribution is -1.87. The van der Waals surface area contributed by atoms with Crippen LogP contribution in [-0.4, -0.2) is 13.3 Å². The van der Waals surface area contributed by atoms with Crippen molar-refractivity contribution < 1.29 is 0 Å². The summed E-state index contributed by atoms with van der Waals surface area (Å²) in [5, 5.41) is 3.12. The zero-order valence-corrected chi connectivity index (χ0v) is 10.3. The molecular formula is C14H20N2. The molecule has 0 fully saturated rings. The van der Waals surface area contributed by atoms with Gasteiger partial charge in [0.1, 0.15) is 0 Å². The highest BCUT2D eigenvalue weighted by Gasteiger charge is 1.94. The average Bonchev–Trinajstić information content (AvgIpc) is 2.34. The fraction of sp³-hybridized carbons (Fsp3) is 0.357. The van der Waals surface area contributed by atoms with Crippen LogP contribution in [0.2, 0.25) is 0 Å². The maximum Gasteiger partial charge on any atom is 0.0860 e. The SMILES string of the molecule is CCC(C)/C=C\C=Nc1ccccc1NC. The number of nitrogens with zero attached hydrogens (tertiary/aromatic N) is 1. The number of allylic oxidation sites excluding steroid dienone is 2. The van der Waals surface area contributed by atoms with Crippen LogP contribution in [0.15, 0.2) is 41.4 Å². The highest BCUT2D eigenvalue weighted by Crippen LogP contribution is 2.22. The van der Waals surface area contributed by atoms with Crippen molar-refractivity contribution in [2.45, 2.75) is 20.3 Å². The van der Waals surface area contributed by atoms with Gasteiger partial charge in [-0.05, 0) is 24.1 Å². The van der Waals surface area contributed by atoms with Crippen LogP contribution >= 0.6 is 0 Å². The van der Waals surface area contributed by atoms with Gasteiger partial charge in [-0.3, -0.25) is 4.99 Å². The van der Waals surface area contributed by atoms with Gasteiger partial charge in [0, 0.05) is 13.3 Å². The lowest BCUT2D eigenvalue weighted by atomic mass is 10.1. The summed E-state index contributed by atoms with van der Waals surface area (Å²) in [4.78, 5) is 4.41. The minimum Gasteiger partial charge on any atom is -0.386 e. The summed E-state index contributed by atoms with van der Waals surface area (Å²) in [5.41, 5.74) is 2.02. The fourth-order valence-corrected chi connectivity index (χ4v) is 1.30. The standard InChI is InChI=1S/C14H20N2/c1-4-12(2)8-7-11-16-14-10-6-5-9-13(14)15-3/h5-12,15H,4H2,1-3H3/b8-7-,16-11?.